The van der Waals surface area contributed by atoms with Gasteiger partial charge in [-0.1, -0.05) is 35.6 Å². The Bertz CT molecular complexity index is 1160. The molecule has 142 valence electrons. The number of sulfonamides is 1. The van der Waals surface area contributed by atoms with Crippen molar-refractivity contribution < 1.29 is 8.42 Å². The van der Waals surface area contributed by atoms with Crippen LogP contribution in [0, 0.1) is 0 Å². The molecule has 3 aromatic rings. The SMILES string of the molecule is CC(C)n1c(=O)sc2cc(S(=O)(=O)N[C@H]3CCCc4ccccc43)ccc21. The van der Waals surface area contributed by atoms with Gasteiger partial charge in [-0.2, -0.15) is 0 Å². The van der Waals surface area contributed by atoms with Crippen LogP contribution in [0.5, 0.6) is 0 Å². The summed E-state index contributed by atoms with van der Waals surface area (Å²) in [6, 6.07) is 12.8. The van der Waals surface area contributed by atoms with Crippen LogP contribution < -0.4 is 9.60 Å². The smallest absolute Gasteiger partial charge is 0.296 e. The fourth-order valence-electron chi connectivity index (χ4n) is 3.80. The summed E-state index contributed by atoms with van der Waals surface area (Å²) in [5.74, 6) is 0. The maximum Gasteiger partial charge on any atom is 0.308 e. The maximum atomic E-state index is 13.0. The van der Waals surface area contributed by atoms with Crippen LogP contribution in [0.4, 0.5) is 0 Å². The van der Waals surface area contributed by atoms with E-state index >= 15 is 0 Å². The first-order valence-electron chi connectivity index (χ1n) is 9.12. The summed E-state index contributed by atoms with van der Waals surface area (Å²) in [6.45, 7) is 3.89. The Morgan fingerprint density at radius 3 is 2.74 bits per heavy atom. The summed E-state index contributed by atoms with van der Waals surface area (Å²) in [7, 11) is -3.67. The van der Waals surface area contributed by atoms with Gasteiger partial charge in [0.25, 0.3) is 0 Å². The van der Waals surface area contributed by atoms with Crippen molar-refractivity contribution in [2.24, 2.45) is 0 Å². The van der Waals surface area contributed by atoms with Gasteiger partial charge in [0.05, 0.1) is 15.1 Å². The lowest BCUT2D eigenvalue weighted by Crippen LogP contribution is -2.31. The molecule has 0 saturated heterocycles. The second kappa shape index (κ2) is 6.89. The van der Waals surface area contributed by atoms with E-state index < -0.39 is 10.0 Å². The Morgan fingerprint density at radius 1 is 1.19 bits per heavy atom. The van der Waals surface area contributed by atoms with Crippen LogP contribution >= 0.6 is 11.3 Å². The molecule has 0 unspecified atom stereocenters. The second-order valence-electron chi connectivity index (χ2n) is 7.23. The minimum Gasteiger partial charge on any atom is -0.296 e. The first-order chi connectivity index (χ1) is 12.9. The molecule has 1 aromatic heterocycles. The molecule has 1 N–H and O–H groups in total. The standard InChI is InChI=1S/C20H22N2O3S2/c1-13(2)22-18-11-10-15(12-19(18)26-20(22)23)27(24,25)21-17-9-5-7-14-6-3-4-8-16(14)17/h3-4,6,8,10-13,17,21H,5,7,9H2,1-2H3/t17-/m0/s1. The molecule has 0 aliphatic heterocycles. The average molecular weight is 403 g/mol. The zero-order chi connectivity index (χ0) is 19.2. The van der Waals surface area contributed by atoms with Gasteiger partial charge in [0, 0.05) is 12.1 Å². The second-order valence-corrected chi connectivity index (χ2v) is 9.93. The Labute approximate surface area is 162 Å². The molecule has 1 aliphatic rings. The van der Waals surface area contributed by atoms with Crippen LogP contribution in [0.15, 0.2) is 52.2 Å². The lowest BCUT2D eigenvalue weighted by Gasteiger charge is -2.26. The molecule has 1 aliphatic carbocycles. The molecule has 7 heteroatoms. The van der Waals surface area contributed by atoms with Crippen LogP contribution in [-0.2, 0) is 16.4 Å². The molecule has 0 amide bonds. The van der Waals surface area contributed by atoms with Crippen molar-refractivity contribution in [2.45, 2.75) is 50.1 Å². The highest BCUT2D eigenvalue weighted by atomic mass is 32.2. The predicted octanol–water partition coefficient (Wildman–Crippen LogP) is 4.00. The van der Waals surface area contributed by atoms with Gasteiger partial charge in [0.15, 0.2) is 0 Å². The average Bonchev–Trinajstić information content (AvgIpc) is 2.97. The van der Waals surface area contributed by atoms with E-state index in [1.165, 1.54) is 5.56 Å². The first-order valence-corrected chi connectivity index (χ1v) is 11.4. The van der Waals surface area contributed by atoms with Crippen molar-refractivity contribution in [1.82, 2.24) is 9.29 Å². The fourth-order valence-corrected chi connectivity index (χ4v) is 6.21. The normalized spacial score (nSPS) is 17.4. The van der Waals surface area contributed by atoms with Crippen LogP contribution in [0.1, 0.15) is 49.9 Å². The fraction of sp³-hybridized carbons (Fsp3) is 0.350. The van der Waals surface area contributed by atoms with Gasteiger partial charge in [-0.25, -0.2) is 13.1 Å². The summed E-state index contributed by atoms with van der Waals surface area (Å²) in [5.41, 5.74) is 3.05. The zero-order valence-electron chi connectivity index (χ0n) is 15.3. The van der Waals surface area contributed by atoms with Crippen molar-refractivity contribution in [2.75, 3.05) is 0 Å². The van der Waals surface area contributed by atoms with Crippen LogP contribution in [-0.4, -0.2) is 13.0 Å². The molecular weight excluding hydrogens is 380 g/mol. The third-order valence-electron chi connectivity index (χ3n) is 5.08. The van der Waals surface area contributed by atoms with Crippen molar-refractivity contribution >= 4 is 31.6 Å². The van der Waals surface area contributed by atoms with Crippen LogP contribution in [0.3, 0.4) is 0 Å². The van der Waals surface area contributed by atoms with E-state index in [-0.39, 0.29) is 21.9 Å². The van der Waals surface area contributed by atoms with Crippen molar-refractivity contribution in [3.05, 3.63) is 63.3 Å². The molecule has 0 bridgehead atoms. The maximum absolute atomic E-state index is 13.0. The number of fused-ring (bicyclic) bond motifs is 2. The van der Waals surface area contributed by atoms with Gasteiger partial charge in [-0.15, -0.1) is 0 Å². The topological polar surface area (TPSA) is 68.2 Å². The van der Waals surface area contributed by atoms with Gasteiger partial charge in [-0.05, 0) is 62.4 Å². The van der Waals surface area contributed by atoms with Gasteiger partial charge in [-0.3, -0.25) is 9.36 Å². The van der Waals surface area contributed by atoms with Crippen LogP contribution in [0.25, 0.3) is 10.2 Å². The van der Waals surface area contributed by atoms with E-state index in [0.29, 0.717) is 4.70 Å². The summed E-state index contributed by atoms with van der Waals surface area (Å²) >= 11 is 1.09. The number of nitrogens with zero attached hydrogens (tertiary/aromatic N) is 1. The number of hydrogen-bond acceptors (Lipinski definition) is 4. The summed E-state index contributed by atoms with van der Waals surface area (Å²) < 4.78 is 31.2. The van der Waals surface area contributed by atoms with Crippen LogP contribution in [0.2, 0.25) is 0 Å². The third-order valence-corrected chi connectivity index (χ3v) is 7.47. The van der Waals surface area contributed by atoms with E-state index in [0.717, 1.165) is 41.7 Å². The van der Waals surface area contributed by atoms with E-state index in [2.05, 4.69) is 10.8 Å². The minimum atomic E-state index is -3.67. The lowest BCUT2D eigenvalue weighted by atomic mass is 9.88. The van der Waals surface area contributed by atoms with Crippen molar-refractivity contribution in [3.63, 3.8) is 0 Å². The third kappa shape index (κ3) is 3.35. The highest BCUT2D eigenvalue weighted by Gasteiger charge is 2.26. The molecule has 1 heterocycles. The Kier molecular flexibility index (Phi) is 4.70. The number of thiazole rings is 1. The molecule has 0 radical (unpaired) electrons. The molecule has 0 saturated carbocycles. The highest BCUT2D eigenvalue weighted by molar-refractivity contribution is 7.89. The zero-order valence-corrected chi connectivity index (χ0v) is 16.9. The largest absolute Gasteiger partial charge is 0.308 e. The molecule has 2 aromatic carbocycles. The highest BCUT2D eigenvalue weighted by Crippen LogP contribution is 2.31. The van der Waals surface area contributed by atoms with Crippen molar-refractivity contribution in [1.29, 1.82) is 0 Å². The van der Waals surface area contributed by atoms with E-state index in [4.69, 9.17) is 0 Å². The molecule has 1 atom stereocenters. The number of hydrogen-bond donors (Lipinski definition) is 1. The minimum absolute atomic E-state index is 0.0329. The summed E-state index contributed by atoms with van der Waals surface area (Å²) in [6.07, 6.45) is 2.73. The molecule has 27 heavy (non-hydrogen) atoms. The molecule has 5 nitrogen and oxygen atoms in total. The first kappa shape index (κ1) is 18.4. The summed E-state index contributed by atoms with van der Waals surface area (Å²) in [5, 5.41) is 0. The Hall–Kier alpha value is -1.96. The lowest BCUT2D eigenvalue weighted by molar-refractivity contribution is 0.507. The quantitative estimate of drug-likeness (QED) is 0.717. The van der Waals surface area contributed by atoms with E-state index in [9.17, 15) is 13.2 Å². The molecule has 0 fully saturated rings. The molecule has 4 rings (SSSR count). The van der Waals surface area contributed by atoms with Gasteiger partial charge >= 0.3 is 4.87 Å². The Balaban J connectivity index is 1.70. The number of nitrogens with one attached hydrogen (secondary N) is 1. The summed E-state index contributed by atoms with van der Waals surface area (Å²) in [4.78, 5) is 12.3. The number of rotatable bonds is 4. The van der Waals surface area contributed by atoms with Gasteiger partial charge < -0.3 is 0 Å². The van der Waals surface area contributed by atoms with E-state index in [1.54, 1.807) is 22.8 Å². The predicted molar refractivity (Wildman–Crippen MR) is 109 cm³/mol. The van der Waals surface area contributed by atoms with Gasteiger partial charge in [0.1, 0.15) is 0 Å². The Morgan fingerprint density at radius 2 is 1.96 bits per heavy atom. The number of aromatic nitrogens is 1. The monoisotopic (exact) mass is 402 g/mol. The van der Waals surface area contributed by atoms with Crippen molar-refractivity contribution in [3.8, 4) is 0 Å². The number of benzene rings is 2. The van der Waals surface area contributed by atoms with Gasteiger partial charge in [0.2, 0.25) is 10.0 Å². The van der Waals surface area contributed by atoms with E-state index in [1.807, 2.05) is 32.0 Å². The molecular formula is C20H22N2O3S2. The molecule has 0 spiro atoms. The number of aryl methyl sites for hydroxylation is 1.